The fraction of sp³-hybridized carbons (Fsp3) is 1.00. The van der Waals surface area contributed by atoms with Crippen LogP contribution in [0.4, 0.5) is 0 Å². The first kappa shape index (κ1) is 14.0. The second-order valence-corrected chi connectivity index (χ2v) is 5.58. The predicted molar refractivity (Wildman–Crippen MR) is 69.8 cm³/mol. The molecule has 1 aliphatic heterocycles. The summed E-state index contributed by atoms with van der Waals surface area (Å²) in [5.41, 5.74) is 0.371. The Balaban J connectivity index is 2.16. The average molecular weight is 227 g/mol. The van der Waals surface area contributed by atoms with Crippen molar-refractivity contribution in [2.24, 2.45) is 0 Å². The molecular weight excluding hydrogens is 198 g/mol. The van der Waals surface area contributed by atoms with Gasteiger partial charge < -0.3 is 4.74 Å². The standard InChI is InChI=1S/C14H29NO/c1-4-5-6-7-8-9-14(2,3)15-10-12-16-13-11-15/h4-13H2,1-3H3. The van der Waals surface area contributed by atoms with Gasteiger partial charge in [0.1, 0.15) is 0 Å². The summed E-state index contributed by atoms with van der Waals surface area (Å²) in [6, 6.07) is 0. The van der Waals surface area contributed by atoms with E-state index in [1.54, 1.807) is 0 Å². The number of nitrogens with zero attached hydrogens (tertiary/aromatic N) is 1. The van der Waals surface area contributed by atoms with Gasteiger partial charge >= 0.3 is 0 Å². The molecule has 0 aromatic heterocycles. The van der Waals surface area contributed by atoms with Crippen LogP contribution in [0.3, 0.4) is 0 Å². The van der Waals surface area contributed by atoms with Gasteiger partial charge in [0.2, 0.25) is 0 Å². The van der Waals surface area contributed by atoms with Crippen LogP contribution >= 0.6 is 0 Å². The Kier molecular flexibility index (Phi) is 6.37. The molecule has 0 aliphatic carbocycles. The molecule has 1 heterocycles. The first-order chi connectivity index (χ1) is 7.67. The third-order valence-corrected chi connectivity index (χ3v) is 3.76. The lowest BCUT2D eigenvalue weighted by Gasteiger charge is -2.41. The Bertz CT molecular complexity index is 174. The number of rotatable bonds is 7. The molecule has 2 heteroatoms. The summed E-state index contributed by atoms with van der Waals surface area (Å²) in [5, 5.41) is 0. The third-order valence-electron chi connectivity index (χ3n) is 3.76. The van der Waals surface area contributed by atoms with E-state index in [1.807, 2.05) is 0 Å². The molecule has 0 aromatic rings. The van der Waals surface area contributed by atoms with Crippen LogP contribution in [0.15, 0.2) is 0 Å². The SMILES string of the molecule is CCCCCCCC(C)(C)N1CCOCC1. The maximum atomic E-state index is 5.41. The van der Waals surface area contributed by atoms with Crippen LogP contribution in [0.5, 0.6) is 0 Å². The number of hydrogen-bond donors (Lipinski definition) is 0. The van der Waals surface area contributed by atoms with E-state index < -0.39 is 0 Å². The molecule has 0 atom stereocenters. The summed E-state index contributed by atoms with van der Waals surface area (Å²) in [7, 11) is 0. The lowest BCUT2D eigenvalue weighted by Crippen LogP contribution is -2.49. The molecule has 0 radical (unpaired) electrons. The normalized spacial score (nSPS) is 18.9. The minimum atomic E-state index is 0.371. The van der Waals surface area contributed by atoms with E-state index in [1.165, 1.54) is 38.5 Å². The highest BCUT2D eigenvalue weighted by Crippen LogP contribution is 2.23. The third kappa shape index (κ3) is 4.84. The van der Waals surface area contributed by atoms with E-state index in [4.69, 9.17) is 4.74 Å². The van der Waals surface area contributed by atoms with Crippen LogP contribution in [0.2, 0.25) is 0 Å². The zero-order valence-electron chi connectivity index (χ0n) is 11.4. The highest BCUT2D eigenvalue weighted by atomic mass is 16.5. The second-order valence-electron chi connectivity index (χ2n) is 5.58. The maximum Gasteiger partial charge on any atom is 0.0594 e. The Morgan fingerprint density at radius 2 is 1.62 bits per heavy atom. The molecule has 0 amide bonds. The minimum absolute atomic E-state index is 0.371. The summed E-state index contributed by atoms with van der Waals surface area (Å²) in [6.07, 6.45) is 8.27. The van der Waals surface area contributed by atoms with Crippen molar-refractivity contribution < 1.29 is 4.74 Å². The topological polar surface area (TPSA) is 12.5 Å². The largest absolute Gasteiger partial charge is 0.379 e. The number of ether oxygens (including phenoxy) is 1. The smallest absolute Gasteiger partial charge is 0.0594 e. The molecule has 1 fully saturated rings. The Labute approximate surface area is 101 Å². The van der Waals surface area contributed by atoms with Gasteiger partial charge in [-0.3, -0.25) is 4.90 Å². The Morgan fingerprint density at radius 3 is 2.25 bits per heavy atom. The molecule has 16 heavy (non-hydrogen) atoms. The minimum Gasteiger partial charge on any atom is -0.379 e. The predicted octanol–water partition coefficient (Wildman–Crippen LogP) is 3.46. The molecule has 0 spiro atoms. The number of morpholine rings is 1. The van der Waals surface area contributed by atoms with E-state index in [2.05, 4.69) is 25.7 Å². The molecule has 0 aromatic carbocycles. The molecule has 2 nitrogen and oxygen atoms in total. The molecule has 1 saturated heterocycles. The summed E-state index contributed by atoms with van der Waals surface area (Å²) in [6.45, 7) is 11.1. The zero-order valence-corrected chi connectivity index (χ0v) is 11.4. The van der Waals surface area contributed by atoms with Crippen molar-refractivity contribution in [3.8, 4) is 0 Å². The zero-order chi connectivity index (χ0) is 11.9. The van der Waals surface area contributed by atoms with E-state index in [0.29, 0.717) is 5.54 Å². The first-order valence-electron chi connectivity index (χ1n) is 6.99. The molecule has 96 valence electrons. The van der Waals surface area contributed by atoms with Crippen molar-refractivity contribution in [3.05, 3.63) is 0 Å². The first-order valence-corrected chi connectivity index (χ1v) is 6.99. The molecule has 0 saturated carbocycles. The molecule has 0 unspecified atom stereocenters. The molecule has 0 bridgehead atoms. The van der Waals surface area contributed by atoms with Crippen molar-refractivity contribution in [1.29, 1.82) is 0 Å². The van der Waals surface area contributed by atoms with Crippen molar-refractivity contribution in [2.75, 3.05) is 26.3 Å². The highest BCUT2D eigenvalue weighted by molar-refractivity contribution is 4.82. The second kappa shape index (κ2) is 7.29. The number of unbranched alkanes of at least 4 members (excludes halogenated alkanes) is 4. The monoisotopic (exact) mass is 227 g/mol. The van der Waals surface area contributed by atoms with Gasteiger partial charge in [-0.2, -0.15) is 0 Å². The van der Waals surface area contributed by atoms with E-state index in [-0.39, 0.29) is 0 Å². The summed E-state index contributed by atoms with van der Waals surface area (Å²) in [4.78, 5) is 2.59. The summed E-state index contributed by atoms with van der Waals surface area (Å²) in [5.74, 6) is 0. The average Bonchev–Trinajstić information content (AvgIpc) is 2.30. The summed E-state index contributed by atoms with van der Waals surface area (Å²) < 4.78 is 5.41. The lowest BCUT2D eigenvalue weighted by molar-refractivity contribution is -0.0135. The fourth-order valence-corrected chi connectivity index (χ4v) is 2.49. The van der Waals surface area contributed by atoms with Gasteiger partial charge in [0.25, 0.3) is 0 Å². The van der Waals surface area contributed by atoms with Crippen LogP contribution in [-0.2, 0) is 4.74 Å². The molecule has 1 rings (SSSR count). The quantitative estimate of drug-likeness (QED) is 0.618. The lowest BCUT2D eigenvalue weighted by atomic mass is 9.93. The van der Waals surface area contributed by atoms with Crippen LogP contribution in [0.25, 0.3) is 0 Å². The molecule has 0 N–H and O–H groups in total. The van der Waals surface area contributed by atoms with Crippen molar-refractivity contribution >= 4 is 0 Å². The van der Waals surface area contributed by atoms with Crippen LogP contribution in [-0.4, -0.2) is 36.7 Å². The van der Waals surface area contributed by atoms with Crippen molar-refractivity contribution in [2.45, 2.75) is 64.8 Å². The number of hydrogen-bond acceptors (Lipinski definition) is 2. The maximum absolute atomic E-state index is 5.41. The van der Waals surface area contributed by atoms with Gasteiger partial charge in [-0.25, -0.2) is 0 Å². The van der Waals surface area contributed by atoms with Gasteiger partial charge in [-0.15, -0.1) is 0 Å². The van der Waals surface area contributed by atoms with Crippen molar-refractivity contribution in [1.82, 2.24) is 4.90 Å². The van der Waals surface area contributed by atoms with E-state index >= 15 is 0 Å². The van der Waals surface area contributed by atoms with Gasteiger partial charge in [-0.05, 0) is 20.3 Å². The molecule has 1 aliphatic rings. The molecular formula is C14H29NO. The van der Waals surface area contributed by atoms with Crippen LogP contribution in [0.1, 0.15) is 59.3 Å². The van der Waals surface area contributed by atoms with Crippen LogP contribution in [0, 0.1) is 0 Å². The van der Waals surface area contributed by atoms with E-state index in [0.717, 1.165) is 26.3 Å². The van der Waals surface area contributed by atoms with Crippen LogP contribution < -0.4 is 0 Å². The van der Waals surface area contributed by atoms with Gasteiger partial charge in [0.15, 0.2) is 0 Å². The van der Waals surface area contributed by atoms with Gasteiger partial charge in [0.05, 0.1) is 13.2 Å². The summed E-state index contributed by atoms with van der Waals surface area (Å²) >= 11 is 0. The Hall–Kier alpha value is -0.0800. The van der Waals surface area contributed by atoms with E-state index in [9.17, 15) is 0 Å². The van der Waals surface area contributed by atoms with Gasteiger partial charge in [-0.1, -0.05) is 39.0 Å². The highest BCUT2D eigenvalue weighted by Gasteiger charge is 2.27. The Morgan fingerprint density at radius 1 is 1.00 bits per heavy atom. The fourth-order valence-electron chi connectivity index (χ4n) is 2.49. The van der Waals surface area contributed by atoms with Crippen molar-refractivity contribution in [3.63, 3.8) is 0 Å². The van der Waals surface area contributed by atoms with Gasteiger partial charge in [0, 0.05) is 18.6 Å².